The summed E-state index contributed by atoms with van der Waals surface area (Å²) in [6, 6.07) is 6.74. The topological polar surface area (TPSA) is 58.6 Å². The molecule has 0 bridgehead atoms. The number of aliphatic hydroxyl groups excluding tert-OH is 1. The number of amides is 1. The number of nitrogens with one attached hydrogen (secondary N) is 1. The fourth-order valence-electron chi connectivity index (χ4n) is 1.19. The van der Waals surface area contributed by atoms with Crippen molar-refractivity contribution in [2.45, 2.75) is 12.3 Å². The molecule has 0 aromatic heterocycles. The number of aliphatic hydroxyl groups is 1. The molecule has 106 valence electrons. The number of ether oxygens (including phenoxy) is 1. The molecular formula is C12H14ClF2NO3. The summed E-state index contributed by atoms with van der Waals surface area (Å²) in [7, 11) is 0. The zero-order valence-corrected chi connectivity index (χ0v) is 10.8. The van der Waals surface area contributed by atoms with Crippen LogP contribution in [0.3, 0.4) is 0 Å². The van der Waals surface area contributed by atoms with E-state index in [9.17, 15) is 13.6 Å². The number of hydrogen-bond donors (Lipinski definition) is 2. The lowest BCUT2D eigenvalue weighted by molar-refractivity contribution is -0.124. The van der Waals surface area contributed by atoms with Crippen molar-refractivity contribution in [2.75, 3.05) is 19.8 Å². The van der Waals surface area contributed by atoms with Gasteiger partial charge in [0.25, 0.3) is 5.92 Å². The van der Waals surface area contributed by atoms with Gasteiger partial charge in [0.1, 0.15) is 12.4 Å². The molecule has 7 heteroatoms. The fraction of sp³-hybridized carbons (Fsp3) is 0.417. The Morgan fingerprint density at radius 1 is 1.42 bits per heavy atom. The zero-order chi connectivity index (χ0) is 14.3. The second-order valence-corrected chi connectivity index (χ2v) is 4.23. The highest BCUT2D eigenvalue weighted by molar-refractivity contribution is 6.32. The molecule has 1 aromatic rings. The predicted molar refractivity (Wildman–Crippen MR) is 66.6 cm³/mol. The number of halogens is 3. The third-order valence-electron chi connectivity index (χ3n) is 2.20. The maximum Gasteiger partial charge on any atom is 0.287 e. The average Bonchev–Trinajstić information content (AvgIpc) is 2.39. The first-order valence-electron chi connectivity index (χ1n) is 5.57. The van der Waals surface area contributed by atoms with Gasteiger partial charge in [0.2, 0.25) is 5.91 Å². The number of carbonyl (C=O) groups excluding carboxylic acids is 1. The van der Waals surface area contributed by atoms with Crippen LogP contribution in [0.15, 0.2) is 24.3 Å². The molecule has 0 saturated heterocycles. The summed E-state index contributed by atoms with van der Waals surface area (Å²) in [4.78, 5) is 11.2. The van der Waals surface area contributed by atoms with E-state index in [1.54, 1.807) is 24.3 Å². The molecule has 1 amide bonds. The highest BCUT2D eigenvalue weighted by atomic mass is 35.5. The maximum absolute atomic E-state index is 12.6. The number of para-hydroxylation sites is 1. The summed E-state index contributed by atoms with van der Waals surface area (Å²) in [5.41, 5.74) is 0. The normalized spacial score (nSPS) is 11.2. The summed E-state index contributed by atoms with van der Waals surface area (Å²) in [5.74, 6) is -3.46. The van der Waals surface area contributed by atoms with Crippen molar-refractivity contribution < 1.29 is 23.4 Å². The van der Waals surface area contributed by atoms with Crippen molar-refractivity contribution in [1.82, 2.24) is 5.32 Å². The van der Waals surface area contributed by atoms with E-state index in [4.69, 9.17) is 21.4 Å². The zero-order valence-electron chi connectivity index (χ0n) is 10.0. The van der Waals surface area contributed by atoms with E-state index in [-0.39, 0.29) is 13.0 Å². The van der Waals surface area contributed by atoms with Crippen molar-refractivity contribution in [3.8, 4) is 5.75 Å². The maximum atomic E-state index is 12.6. The van der Waals surface area contributed by atoms with Crippen LogP contribution < -0.4 is 10.1 Å². The predicted octanol–water partition coefficient (Wildman–Crippen LogP) is 1.85. The molecule has 0 radical (unpaired) electrons. The highest BCUT2D eigenvalue weighted by Crippen LogP contribution is 2.23. The van der Waals surface area contributed by atoms with Gasteiger partial charge in [0, 0.05) is 0 Å². The third-order valence-corrected chi connectivity index (χ3v) is 2.51. The summed E-state index contributed by atoms with van der Waals surface area (Å²) in [5, 5.41) is 10.7. The fourth-order valence-corrected chi connectivity index (χ4v) is 1.38. The van der Waals surface area contributed by atoms with Crippen LogP contribution in [0.4, 0.5) is 8.78 Å². The summed E-state index contributed by atoms with van der Waals surface area (Å²) in [6.07, 6.45) is -0.0767. The number of carbonyl (C=O) groups is 1. The van der Waals surface area contributed by atoms with Crippen LogP contribution in [0.25, 0.3) is 0 Å². The van der Waals surface area contributed by atoms with E-state index in [2.05, 4.69) is 0 Å². The number of hydrogen-bond acceptors (Lipinski definition) is 3. The number of benzene rings is 1. The van der Waals surface area contributed by atoms with Crippen LogP contribution in [0.1, 0.15) is 6.42 Å². The van der Waals surface area contributed by atoms with Crippen LogP contribution in [0.5, 0.6) is 5.75 Å². The lowest BCUT2D eigenvalue weighted by atomic mass is 10.3. The first-order chi connectivity index (χ1) is 8.94. The Hall–Kier alpha value is -1.40. The van der Waals surface area contributed by atoms with Gasteiger partial charge in [-0.05, 0) is 12.1 Å². The number of alkyl halides is 2. The Labute approximate surface area is 114 Å². The lowest BCUT2D eigenvalue weighted by Crippen LogP contribution is -2.39. The monoisotopic (exact) mass is 293 g/mol. The molecule has 0 heterocycles. The van der Waals surface area contributed by atoms with Crippen LogP contribution in [-0.2, 0) is 4.79 Å². The second-order valence-electron chi connectivity index (χ2n) is 3.82. The van der Waals surface area contributed by atoms with Crippen LogP contribution in [0.2, 0.25) is 5.02 Å². The molecular weight excluding hydrogens is 280 g/mol. The SMILES string of the molecule is O=C(CCOc1ccccc1Cl)NCC(F)(F)CO. The molecule has 0 aliphatic rings. The standard InChI is InChI=1S/C12H14ClF2NO3/c13-9-3-1-2-4-10(9)19-6-5-11(18)16-7-12(14,15)8-17/h1-4,17H,5-8H2,(H,16,18). The number of rotatable bonds is 7. The lowest BCUT2D eigenvalue weighted by Gasteiger charge is -2.14. The van der Waals surface area contributed by atoms with E-state index in [0.717, 1.165) is 0 Å². The molecule has 0 atom stereocenters. The van der Waals surface area contributed by atoms with Crippen molar-refractivity contribution in [3.63, 3.8) is 0 Å². The van der Waals surface area contributed by atoms with Gasteiger partial charge in [0.15, 0.2) is 0 Å². The third kappa shape index (κ3) is 5.85. The van der Waals surface area contributed by atoms with Crippen molar-refractivity contribution in [3.05, 3.63) is 29.3 Å². The van der Waals surface area contributed by atoms with Crippen LogP contribution >= 0.6 is 11.6 Å². The minimum Gasteiger partial charge on any atom is -0.491 e. The van der Waals surface area contributed by atoms with Gasteiger partial charge in [-0.2, -0.15) is 0 Å². The van der Waals surface area contributed by atoms with E-state index in [0.29, 0.717) is 10.8 Å². The van der Waals surface area contributed by atoms with Crippen LogP contribution in [0, 0.1) is 0 Å². The Morgan fingerprint density at radius 2 is 2.11 bits per heavy atom. The summed E-state index contributed by atoms with van der Waals surface area (Å²) in [6.45, 7) is -2.17. The second kappa shape index (κ2) is 7.25. The molecule has 0 saturated carbocycles. The van der Waals surface area contributed by atoms with Crippen molar-refractivity contribution >= 4 is 17.5 Å². The molecule has 0 spiro atoms. The minimum atomic E-state index is -3.31. The van der Waals surface area contributed by atoms with Gasteiger partial charge in [-0.1, -0.05) is 23.7 Å². The molecule has 0 aliphatic carbocycles. The molecule has 0 fully saturated rings. The van der Waals surface area contributed by atoms with Crippen molar-refractivity contribution in [2.24, 2.45) is 0 Å². The van der Waals surface area contributed by atoms with Gasteiger partial charge in [-0.3, -0.25) is 4.79 Å². The quantitative estimate of drug-likeness (QED) is 0.807. The van der Waals surface area contributed by atoms with Crippen molar-refractivity contribution in [1.29, 1.82) is 0 Å². The van der Waals surface area contributed by atoms with Crippen LogP contribution in [-0.4, -0.2) is 36.7 Å². The Bertz CT molecular complexity index is 429. The highest BCUT2D eigenvalue weighted by Gasteiger charge is 2.27. The van der Waals surface area contributed by atoms with E-state index >= 15 is 0 Å². The smallest absolute Gasteiger partial charge is 0.287 e. The van der Waals surface area contributed by atoms with Gasteiger partial charge in [-0.25, -0.2) is 8.78 Å². The Morgan fingerprint density at radius 3 is 2.74 bits per heavy atom. The van der Waals surface area contributed by atoms with Gasteiger partial charge in [0.05, 0.1) is 24.6 Å². The molecule has 2 N–H and O–H groups in total. The van der Waals surface area contributed by atoms with E-state index < -0.39 is 25.0 Å². The largest absolute Gasteiger partial charge is 0.491 e. The Kier molecular flexibility index (Phi) is 5.98. The molecule has 19 heavy (non-hydrogen) atoms. The Balaban J connectivity index is 2.26. The van der Waals surface area contributed by atoms with E-state index in [1.807, 2.05) is 5.32 Å². The molecule has 0 unspecified atom stereocenters. The molecule has 1 rings (SSSR count). The van der Waals surface area contributed by atoms with Gasteiger partial charge >= 0.3 is 0 Å². The van der Waals surface area contributed by atoms with Gasteiger partial charge in [-0.15, -0.1) is 0 Å². The first-order valence-corrected chi connectivity index (χ1v) is 5.95. The molecule has 4 nitrogen and oxygen atoms in total. The molecule has 1 aromatic carbocycles. The molecule has 0 aliphatic heterocycles. The minimum absolute atomic E-state index is 0.0280. The first kappa shape index (κ1) is 15.7. The van der Waals surface area contributed by atoms with E-state index in [1.165, 1.54) is 0 Å². The summed E-state index contributed by atoms with van der Waals surface area (Å²) < 4.78 is 30.5. The average molecular weight is 294 g/mol. The summed E-state index contributed by atoms with van der Waals surface area (Å²) >= 11 is 5.83. The van der Waals surface area contributed by atoms with Gasteiger partial charge < -0.3 is 15.2 Å².